The molecule has 0 aromatic carbocycles. The SMILES string of the molecule is CCC(O)C(O)C1CCCCC1CC. The van der Waals surface area contributed by atoms with Crippen molar-refractivity contribution in [3.05, 3.63) is 0 Å². The zero-order chi connectivity index (χ0) is 10.6. The smallest absolute Gasteiger partial charge is 0.0829 e. The minimum atomic E-state index is -0.521. The second-order valence-electron chi connectivity index (χ2n) is 4.58. The molecule has 14 heavy (non-hydrogen) atoms. The lowest BCUT2D eigenvalue weighted by Gasteiger charge is -2.36. The van der Waals surface area contributed by atoms with Crippen LogP contribution in [0.5, 0.6) is 0 Å². The summed E-state index contributed by atoms with van der Waals surface area (Å²) in [5.41, 5.74) is 0. The fourth-order valence-electron chi connectivity index (χ4n) is 2.72. The van der Waals surface area contributed by atoms with Crippen molar-refractivity contribution < 1.29 is 10.2 Å². The maximum Gasteiger partial charge on any atom is 0.0829 e. The van der Waals surface area contributed by atoms with Crippen LogP contribution in [-0.2, 0) is 0 Å². The first kappa shape index (κ1) is 12.0. The highest BCUT2D eigenvalue weighted by atomic mass is 16.3. The number of hydrogen-bond acceptors (Lipinski definition) is 2. The van der Waals surface area contributed by atoms with E-state index in [1.165, 1.54) is 19.3 Å². The van der Waals surface area contributed by atoms with E-state index in [-0.39, 0.29) is 0 Å². The fourth-order valence-corrected chi connectivity index (χ4v) is 2.72. The van der Waals surface area contributed by atoms with Crippen molar-refractivity contribution in [2.24, 2.45) is 11.8 Å². The van der Waals surface area contributed by atoms with Crippen molar-refractivity contribution in [2.75, 3.05) is 0 Å². The number of aliphatic hydroxyl groups is 2. The molecule has 1 aliphatic rings. The van der Waals surface area contributed by atoms with E-state index in [0.29, 0.717) is 18.3 Å². The van der Waals surface area contributed by atoms with E-state index in [0.717, 1.165) is 12.8 Å². The third-order valence-electron chi connectivity index (χ3n) is 3.74. The van der Waals surface area contributed by atoms with Crippen molar-refractivity contribution in [1.29, 1.82) is 0 Å². The van der Waals surface area contributed by atoms with E-state index in [1.807, 2.05) is 6.92 Å². The van der Waals surface area contributed by atoms with Crippen molar-refractivity contribution in [3.63, 3.8) is 0 Å². The van der Waals surface area contributed by atoms with Gasteiger partial charge in [0.1, 0.15) is 0 Å². The summed E-state index contributed by atoms with van der Waals surface area (Å²) in [5, 5.41) is 19.6. The van der Waals surface area contributed by atoms with E-state index < -0.39 is 12.2 Å². The van der Waals surface area contributed by atoms with Crippen LogP contribution in [0.4, 0.5) is 0 Å². The molecule has 0 heterocycles. The first-order valence-electron chi connectivity index (χ1n) is 6.06. The summed E-state index contributed by atoms with van der Waals surface area (Å²) in [4.78, 5) is 0. The minimum Gasteiger partial charge on any atom is -0.390 e. The fraction of sp³-hybridized carbons (Fsp3) is 1.00. The molecule has 4 unspecified atom stereocenters. The Bertz CT molecular complexity index is 158. The van der Waals surface area contributed by atoms with Gasteiger partial charge in [-0.15, -0.1) is 0 Å². The molecule has 0 aromatic rings. The Balaban J connectivity index is 2.53. The highest BCUT2D eigenvalue weighted by Gasteiger charge is 2.32. The normalized spacial score (nSPS) is 32.6. The van der Waals surface area contributed by atoms with Gasteiger partial charge in [0.25, 0.3) is 0 Å². The summed E-state index contributed by atoms with van der Waals surface area (Å²) in [7, 11) is 0. The molecule has 1 rings (SSSR count). The van der Waals surface area contributed by atoms with Gasteiger partial charge in [0.2, 0.25) is 0 Å². The van der Waals surface area contributed by atoms with Crippen LogP contribution in [0, 0.1) is 11.8 Å². The predicted octanol–water partition coefficient (Wildman–Crippen LogP) is 2.33. The Labute approximate surface area is 87.3 Å². The average Bonchev–Trinajstić information content (AvgIpc) is 2.26. The molecular weight excluding hydrogens is 176 g/mol. The Morgan fingerprint density at radius 1 is 1.14 bits per heavy atom. The molecule has 0 bridgehead atoms. The van der Waals surface area contributed by atoms with Crippen molar-refractivity contribution in [3.8, 4) is 0 Å². The highest BCUT2D eigenvalue weighted by molar-refractivity contribution is 4.83. The number of rotatable bonds is 4. The van der Waals surface area contributed by atoms with Crippen LogP contribution in [0.1, 0.15) is 52.4 Å². The summed E-state index contributed by atoms with van der Waals surface area (Å²) in [6, 6.07) is 0. The van der Waals surface area contributed by atoms with Crippen LogP contribution in [0.15, 0.2) is 0 Å². The molecule has 0 amide bonds. The lowest BCUT2D eigenvalue weighted by molar-refractivity contribution is -0.0467. The van der Waals surface area contributed by atoms with E-state index in [2.05, 4.69) is 6.92 Å². The van der Waals surface area contributed by atoms with Gasteiger partial charge in [-0.2, -0.15) is 0 Å². The monoisotopic (exact) mass is 200 g/mol. The summed E-state index contributed by atoms with van der Waals surface area (Å²) in [6.07, 6.45) is 5.62. The molecule has 0 aliphatic heterocycles. The Morgan fingerprint density at radius 2 is 1.79 bits per heavy atom. The minimum absolute atomic E-state index is 0.337. The van der Waals surface area contributed by atoms with E-state index in [1.54, 1.807) is 0 Å². The Hall–Kier alpha value is -0.0800. The quantitative estimate of drug-likeness (QED) is 0.731. The molecule has 1 aliphatic carbocycles. The van der Waals surface area contributed by atoms with Crippen LogP contribution < -0.4 is 0 Å². The third kappa shape index (κ3) is 2.71. The molecule has 2 nitrogen and oxygen atoms in total. The highest BCUT2D eigenvalue weighted by Crippen LogP contribution is 2.35. The second-order valence-corrected chi connectivity index (χ2v) is 4.58. The molecule has 2 N–H and O–H groups in total. The van der Waals surface area contributed by atoms with Crippen LogP contribution in [0.2, 0.25) is 0 Å². The largest absolute Gasteiger partial charge is 0.390 e. The van der Waals surface area contributed by atoms with Gasteiger partial charge in [-0.1, -0.05) is 39.5 Å². The summed E-state index contributed by atoms with van der Waals surface area (Å²) < 4.78 is 0. The van der Waals surface area contributed by atoms with Gasteiger partial charge >= 0.3 is 0 Å². The van der Waals surface area contributed by atoms with Gasteiger partial charge in [0.05, 0.1) is 12.2 Å². The molecule has 0 spiro atoms. The predicted molar refractivity (Wildman–Crippen MR) is 58.0 cm³/mol. The van der Waals surface area contributed by atoms with Gasteiger partial charge < -0.3 is 10.2 Å². The topological polar surface area (TPSA) is 40.5 Å². The van der Waals surface area contributed by atoms with Crippen LogP contribution in [0.25, 0.3) is 0 Å². The molecule has 4 atom stereocenters. The molecule has 0 aromatic heterocycles. The zero-order valence-electron chi connectivity index (χ0n) is 9.45. The van der Waals surface area contributed by atoms with Crippen LogP contribution >= 0.6 is 0 Å². The van der Waals surface area contributed by atoms with Crippen LogP contribution in [-0.4, -0.2) is 22.4 Å². The Kier molecular flexibility index (Phi) is 4.90. The number of hydrogen-bond donors (Lipinski definition) is 2. The van der Waals surface area contributed by atoms with Crippen molar-refractivity contribution in [2.45, 2.75) is 64.6 Å². The third-order valence-corrected chi connectivity index (χ3v) is 3.74. The first-order valence-corrected chi connectivity index (χ1v) is 6.06. The summed E-state index contributed by atoms with van der Waals surface area (Å²) >= 11 is 0. The van der Waals surface area contributed by atoms with E-state index >= 15 is 0 Å². The lowest BCUT2D eigenvalue weighted by Crippen LogP contribution is -2.38. The molecule has 0 saturated heterocycles. The van der Waals surface area contributed by atoms with Gasteiger partial charge in [-0.3, -0.25) is 0 Å². The maximum atomic E-state index is 9.99. The molecule has 1 saturated carbocycles. The van der Waals surface area contributed by atoms with E-state index in [4.69, 9.17) is 0 Å². The van der Waals surface area contributed by atoms with Gasteiger partial charge in [-0.25, -0.2) is 0 Å². The molecule has 0 radical (unpaired) electrons. The number of aliphatic hydroxyl groups excluding tert-OH is 2. The van der Waals surface area contributed by atoms with Gasteiger partial charge in [-0.05, 0) is 24.7 Å². The zero-order valence-corrected chi connectivity index (χ0v) is 9.45. The molecular formula is C12H24O2. The van der Waals surface area contributed by atoms with E-state index in [9.17, 15) is 10.2 Å². The Morgan fingerprint density at radius 3 is 2.36 bits per heavy atom. The standard InChI is InChI=1S/C12H24O2/c1-3-9-7-5-6-8-10(9)12(14)11(13)4-2/h9-14H,3-8H2,1-2H3. The second kappa shape index (κ2) is 5.72. The maximum absolute atomic E-state index is 9.99. The summed E-state index contributed by atoms with van der Waals surface area (Å²) in [5.74, 6) is 0.962. The molecule has 84 valence electrons. The first-order chi connectivity index (χ1) is 6.70. The summed E-state index contributed by atoms with van der Waals surface area (Å²) in [6.45, 7) is 4.12. The van der Waals surface area contributed by atoms with Crippen LogP contribution in [0.3, 0.4) is 0 Å². The molecule has 1 fully saturated rings. The van der Waals surface area contributed by atoms with Gasteiger partial charge in [0, 0.05) is 0 Å². The average molecular weight is 200 g/mol. The lowest BCUT2D eigenvalue weighted by atomic mass is 9.73. The van der Waals surface area contributed by atoms with Gasteiger partial charge in [0.15, 0.2) is 0 Å². The molecule has 2 heteroatoms. The van der Waals surface area contributed by atoms with Crippen molar-refractivity contribution >= 4 is 0 Å². The van der Waals surface area contributed by atoms with Crippen molar-refractivity contribution in [1.82, 2.24) is 0 Å².